The highest BCUT2D eigenvalue weighted by atomic mass is 35.5. The van der Waals surface area contributed by atoms with Gasteiger partial charge in [-0.05, 0) is 77.9 Å². The number of aliphatic imine (C=N–C) groups is 1. The maximum absolute atomic E-state index is 14.5. The monoisotopic (exact) mass is 700 g/mol. The summed E-state index contributed by atoms with van der Waals surface area (Å²) in [7, 11) is 0. The van der Waals surface area contributed by atoms with Gasteiger partial charge in [0.15, 0.2) is 11.6 Å². The number of aliphatic hydroxyl groups is 1. The minimum atomic E-state index is -1.54. The van der Waals surface area contributed by atoms with Gasteiger partial charge in [-0.3, -0.25) is 10.2 Å². The molecule has 1 heterocycles. The van der Waals surface area contributed by atoms with Gasteiger partial charge in [0.1, 0.15) is 5.75 Å². The molecular weight excluding hydrogens is 663 g/mol. The third-order valence-corrected chi connectivity index (χ3v) is 8.78. The van der Waals surface area contributed by atoms with Crippen LogP contribution in [0.3, 0.4) is 0 Å². The molecule has 3 N–H and O–H groups in total. The van der Waals surface area contributed by atoms with Crippen LogP contribution in [0.25, 0.3) is 10.4 Å². The number of carbonyl (C=O) groups is 1. The first-order valence-corrected chi connectivity index (χ1v) is 16.9. The Kier molecular flexibility index (Phi) is 12.9. The highest BCUT2D eigenvalue weighted by Gasteiger charge is 2.54. The van der Waals surface area contributed by atoms with Gasteiger partial charge in [0.2, 0.25) is 5.90 Å². The number of hydrogen-bond acceptors (Lipinski definition) is 7. The molecule has 1 aliphatic rings. The second-order valence-electron chi connectivity index (χ2n) is 11.6. The van der Waals surface area contributed by atoms with E-state index in [1.54, 1.807) is 30.3 Å². The number of hydrazine groups is 1. The summed E-state index contributed by atoms with van der Waals surface area (Å²) in [5.74, 6) is 0.466. The van der Waals surface area contributed by atoms with E-state index in [9.17, 15) is 4.79 Å². The molecule has 0 fully saturated rings. The van der Waals surface area contributed by atoms with Gasteiger partial charge in [-0.15, -0.1) is 0 Å². The number of rotatable bonds is 17. The number of hydrogen-bond donors (Lipinski definition) is 3. The summed E-state index contributed by atoms with van der Waals surface area (Å²) in [6.07, 6.45) is 2.40. The fourth-order valence-electron chi connectivity index (χ4n) is 5.69. The lowest BCUT2D eigenvalue weighted by atomic mass is 9.81. The summed E-state index contributed by atoms with van der Waals surface area (Å²) in [4.78, 5) is 22.5. The van der Waals surface area contributed by atoms with Crippen LogP contribution in [0.5, 0.6) is 5.75 Å². The lowest BCUT2D eigenvalue weighted by molar-refractivity contribution is -0.130. The molecule has 49 heavy (non-hydrogen) atoms. The molecule has 1 aliphatic heterocycles. The number of carbonyl (C=O) groups excluding carboxylic acids is 1. The first-order chi connectivity index (χ1) is 23.9. The maximum Gasteiger partial charge on any atom is 0.266 e. The summed E-state index contributed by atoms with van der Waals surface area (Å²) in [6, 6.07) is 30.0. The van der Waals surface area contributed by atoms with Crippen LogP contribution in [0, 0.1) is 0 Å². The molecule has 0 saturated heterocycles. The van der Waals surface area contributed by atoms with Crippen molar-refractivity contribution in [1.29, 1.82) is 0 Å². The van der Waals surface area contributed by atoms with E-state index in [4.69, 9.17) is 48.3 Å². The molecule has 254 valence electrons. The number of aryl methyl sites for hydroxylation is 1. The van der Waals surface area contributed by atoms with Crippen LogP contribution >= 0.6 is 23.2 Å². The highest BCUT2D eigenvalue weighted by Crippen LogP contribution is 2.45. The zero-order valence-corrected chi connectivity index (χ0v) is 28.4. The molecule has 4 aromatic carbocycles. The van der Waals surface area contributed by atoms with E-state index in [1.807, 2.05) is 54.6 Å². The van der Waals surface area contributed by atoms with Crippen LogP contribution < -0.4 is 15.6 Å². The maximum atomic E-state index is 14.5. The summed E-state index contributed by atoms with van der Waals surface area (Å²) in [5.41, 5.74) is 17.5. The Balaban J connectivity index is 1.48. The van der Waals surface area contributed by atoms with Crippen molar-refractivity contribution in [2.75, 3.05) is 19.8 Å². The van der Waals surface area contributed by atoms with Crippen molar-refractivity contribution < 1.29 is 19.4 Å². The summed E-state index contributed by atoms with van der Waals surface area (Å²) >= 11 is 13.1. The number of unbranched alkanes of at least 4 members (excludes halogenated alkanes) is 1. The number of aliphatic hydroxyl groups excluding tert-OH is 1. The molecule has 10 nitrogen and oxygen atoms in total. The van der Waals surface area contributed by atoms with E-state index < -0.39 is 17.6 Å². The number of amides is 1. The Hall–Kier alpha value is -4.57. The zero-order chi connectivity index (χ0) is 34.5. The average molecular weight is 702 g/mol. The fraction of sp³-hybridized carbons (Fsp3) is 0.297. The van der Waals surface area contributed by atoms with Gasteiger partial charge >= 0.3 is 0 Å². The molecule has 0 aromatic heterocycles. The standard InChI is InChI=1S/C37H38Cl2N6O4/c38-30-16-19-32(33(39)23-30)34-37(24-28-12-4-5-13-29(28)25-42-45-40,36(47)44-41-20-7-6-11-26-9-2-1-3-10-26)43-35(49-34)27-14-17-31(18-15-27)48-22-8-21-46/h1-5,9-10,12-19,23,34,41,46H,6-8,11,20-22,24-25H2,(H,44,47)/t34-,37-/m0/s1. The lowest BCUT2D eigenvalue weighted by Crippen LogP contribution is -2.54. The fourth-order valence-corrected chi connectivity index (χ4v) is 6.20. The molecule has 0 bridgehead atoms. The molecule has 0 spiro atoms. The molecule has 0 radical (unpaired) electrons. The van der Waals surface area contributed by atoms with Gasteiger partial charge in [0.05, 0.1) is 13.2 Å². The minimum absolute atomic E-state index is 0.0378. The van der Waals surface area contributed by atoms with Crippen molar-refractivity contribution in [3.05, 3.63) is 145 Å². The second-order valence-corrected chi connectivity index (χ2v) is 12.5. The predicted octanol–water partition coefficient (Wildman–Crippen LogP) is 7.71. The summed E-state index contributed by atoms with van der Waals surface area (Å²) < 4.78 is 12.3. The molecule has 0 unspecified atom stereocenters. The molecule has 5 rings (SSSR count). The van der Waals surface area contributed by atoms with Gasteiger partial charge < -0.3 is 14.6 Å². The van der Waals surface area contributed by atoms with Gasteiger partial charge in [-0.2, -0.15) is 0 Å². The third-order valence-electron chi connectivity index (χ3n) is 8.22. The van der Waals surface area contributed by atoms with Crippen LogP contribution in [0.2, 0.25) is 10.0 Å². The molecule has 0 saturated carbocycles. The number of nitrogens with one attached hydrogen (secondary N) is 2. The van der Waals surface area contributed by atoms with Gasteiger partial charge in [0.25, 0.3) is 5.91 Å². The van der Waals surface area contributed by atoms with Crippen molar-refractivity contribution in [2.45, 2.75) is 50.3 Å². The van der Waals surface area contributed by atoms with Crippen molar-refractivity contribution in [3.8, 4) is 5.75 Å². The van der Waals surface area contributed by atoms with Crippen LogP contribution in [0.1, 0.15) is 53.2 Å². The molecule has 0 aliphatic carbocycles. The number of ether oxygens (including phenoxy) is 2. The quantitative estimate of drug-likeness (QED) is 0.0340. The van der Waals surface area contributed by atoms with Crippen molar-refractivity contribution in [3.63, 3.8) is 0 Å². The van der Waals surface area contributed by atoms with E-state index in [1.165, 1.54) is 5.56 Å². The smallest absolute Gasteiger partial charge is 0.266 e. The Morgan fingerprint density at radius 1 is 0.980 bits per heavy atom. The predicted molar refractivity (Wildman–Crippen MR) is 192 cm³/mol. The topological polar surface area (TPSA) is 141 Å². The van der Waals surface area contributed by atoms with E-state index in [0.717, 1.165) is 30.4 Å². The molecule has 2 atom stereocenters. The average Bonchev–Trinajstić information content (AvgIpc) is 3.50. The Bertz CT molecular complexity index is 1780. The summed E-state index contributed by atoms with van der Waals surface area (Å²) in [5, 5.41) is 13.6. The number of nitrogens with zero attached hydrogens (tertiary/aromatic N) is 4. The largest absolute Gasteiger partial charge is 0.494 e. The normalized spacial score (nSPS) is 16.7. The van der Waals surface area contributed by atoms with Crippen LogP contribution in [-0.4, -0.2) is 42.2 Å². The van der Waals surface area contributed by atoms with Gasteiger partial charge in [-0.1, -0.05) is 89.0 Å². The van der Waals surface area contributed by atoms with E-state index >= 15 is 0 Å². The van der Waals surface area contributed by atoms with E-state index in [-0.39, 0.29) is 25.5 Å². The van der Waals surface area contributed by atoms with Crippen molar-refractivity contribution in [2.24, 2.45) is 10.1 Å². The third kappa shape index (κ3) is 9.32. The second kappa shape index (κ2) is 17.7. The van der Waals surface area contributed by atoms with Crippen LogP contribution in [0.4, 0.5) is 0 Å². The Morgan fingerprint density at radius 2 is 1.73 bits per heavy atom. The van der Waals surface area contributed by atoms with Crippen molar-refractivity contribution in [1.82, 2.24) is 10.9 Å². The molecule has 12 heteroatoms. The molecule has 1 amide bonds. The summed E-state index contributed by atoms with van der Waals surface area (Å²) in [6.45, 7) is 1.06. The minimum Gasteiger partial charge on any atom is -0.494 e. The van der Waals surface area contributed by atoms with Gasteiger partial charge in [0, 0.05) is 52.1 Å². The van der Waals surface area contributed by atoms with E-state index in [0.29, 0.717) is 46.5 Å². The van der Waals surface area contributed by atoms with Crippen LogP contribution in [-0.2, 0) is 28.9 Å². The first kappa shape index (κ1) is 35.7. The first-order valence-electron chi connectivity index (χ1n) is 16.1. The van der Waals surface area contributed by atoms with Gasteiger partial charge in [-0.25, -0.2) is 10.4 Å². The molecular formula is C37H38Cl2N6O4. The number of benzene rings is 4. The highest BCUT2D eigenvalue weighted by molar-refractivity contribution is 6.35. The van der Waals surface area contributed by atoms with Crippen molar-refractivity contribution >= 4 is 35.0 Å². The SMILES string of the molecule is [N-]=[N+]=NCc1ccccc1C[C@]1(C(=O)NNCCCCc2ccccc2)N=C(c2ccc(OCCCO)cc2)O[C@H]1c1ccc(Cl)cc1Cl. The number of halogens is 2. The molecule has 4 aromatic rings. The van der Waals surface area contributed by atoms with E-state index in [2.05, 4.69) is 33.0 Å². The Morgan fingerprint density at radius 3 is 2.47 bits per heavy atom. The lowest BCUT2D eigenvalue weighted by Gasteiger charge is -2.32. The number of azide groups is 1. The van der Waals surface area contributed by atoms with Crippen LogP contribution in [0.15, 0.2) is 107 Å². The Labute approximate surface area is 295 Å². The zero-order valence-electron chi connectivity index (χ0n) is 26.9.